The van der Waals surface area contributed by atoms with Gasteiger partial charge in [0.25, 0.3) is 0 Å². The minimum Gasteiger partial charge on any atom is -0.392 e. The molecule has 1 N–H and O–H groups in total. The zero-order valence-electron chi connectivity index (χ0n) is 8.79. The number of fused-ring (bicyclic) bond motifs is 1. The molecule has 0 aromatic heterocycles. The number of likely N-dealkylation sites (tertiary alicyclic amines) is 1. The molecule has 0 radical (unpaired) electrons. The van der Waals surface area contributed by atoms with Crippen LogP contribution >= 0.6 is 0 Å². The van der Waals surface area contributed by atoms with Gasteiger partial charge in [0.1, 0.15) is 0 Å². The van der Waals surface area contributed by atoms with Crippen molar-refractivity contribution in [2.75, 3.05) is 7.05 Å². The van der Waals surface area contributed by atoms with E-state index in [4.69, 9.17) is 0 Å². The van der Waals surface area contributed by atoms with Crippen molar-refractivity contribution in [3.63, 3.8) is 0 Å². The topological polar surface area (TPSA) is 40.5 Å². The van der Waals surface area contributed by atoms with E-state index in [-0.39, 0.29) is 17.4 Å². The Labute approximate surface area is 84.4 Å². The first-order chi connectivity index (χ1) is 6.55. The van der Waals surface area contributed by atoms with E-state index in [1.54, 1.807) is 4.90 Å². The monoisotopic (exact) mass is 195 g/mol. The van der Waals surface area contributed by atoms with Crippen LogP contribution < -0.4 is 0 Å². The van der Waals surface area contributed by atoms with Crippen LogP contribution in [-0.2, 0) is 4.79 Å². The summed E-state index contributed by atoms with van der Waals surface area (Å²) in [7, 11) is 1.81. The van der Waals surface area contributed by atoms with Gasteiger partial charge in [-0.05, 0) is 19.3 Å². The molecule has 1 aliphatic heterocycles. The lowest BCUT2D eigenvalue weighted by Gasteiger charge is -2.46. The van der Waals surface area contributed by atoms with Crippen LogP contribution in [0, 0.1) is 5.41 Å². The Morgan fingerprint density at radius 3 is 3.07 bits per heavy atom. The minimum atomic E-state index is -0.293. The van der Waals surface area contributed by atoms with Crippen molar-refractivity contribution in [1.29, 1.82) is 0 Å². The molecule has 1 amide bonds. The van der Waals surface area contributed by atoms with Crippen LogP contribution in [0.2, 0.25) is 0 Å². The third-order valence-electron chi connectivity index (χ3n) is 3.69. The van der Waals surface area contributed by atoms with Crippen LogP contribution in [0.5, 0.6) is 0 Å². The fourth-order valence-electron chi connectivity index (χ4n) is 2.58. The fraction of sp³-hybridized carbons (Fsp3) is 0.727. The first kappa shape index (κ1) is 9.71. The zero-order chi connectivity index (χ0) is 10.3. The summed E-state index contributed by atoms with van der Waals surface area (Å²) in [4.78, 5) is 13.2. The Hall–Kier alpha value is -0.830. The Morgan fingerprint density at radius 1 is 1.64 bits per heavy atom. The number of carbonyl (C=O) groups is 1. The van der Waals surface area contributed by atoms with E-state index in [0.717, 1.165) is 25.0 Å². The highest BCUT2D eigenvalue weighted by atomic mass is 16.3. The summed E-state index contributed by atoms with van der Waals surface area (Å²) in [6.45, 7) is 2.06. The summed E-state index contributed by atoms with van der Waals surface area (Å²) in [6.07, 6.45) is 4.85. The minimum absolute atomic E-state index is 0.169. The van der Waals surface area contributed by atoms with Crippen LogP contribution in [-0.4, -0.2) is 29.1 Å². The van der Waals surface area contributed by atoms with E-state index in [9.17, 15) is 9.90 Å². The number of amides is 1. The lowest BCUT2D eigenvalue weighted by atomic mass is 9.69. The molecule has 1 fully saturated rings. The molecule has 2 unspecified atom stereocenters. The van der Waals surface area contributed by atoms with Crippen molar-refractivity contribution in [2.24, 2.45) is 5.41 Å². The summed E-state index contributed by atoms with van der Waals surface area (Å²) < 4.78 is 0. The van der Waals surface area contributed by atoms with Crippen LogP contribution in [0.3, 0.4) is 0 Å². The number of hydrogen-bond acceptors (Lipinski definition) is 2. The molecule has 2 rings (SSSR count). The van der Waals surface area contributed by atoms with Gasteiger partial charge in [0.2, 0.25) is 5.91 Å². The Balaban J connectivity index is 2.37. The zero-order valence-corrected chi connectivity index (χ0v) is 8.79. The predicted octanol–water partition coefficient (Wildman–Crippen LogP) is 1.28. The van der Waals surface area contributed by atoms with Gasteiger partial charge in [0.15, 0.2) is 0 Å². The highest BCUT2D eigenvalue weighted by Crippen LogP contribution is 2.45. The SMILES string of the molecule is CN1C(=O)CCC2(C)C1=CCCC2O. The highest BCUT2D eigenvalue weighted by molar-refractivity contribution is 5.79. The summed E-state index contributed by atoms with van der Waals surface area (Å²) in [5, 5.41) is 9.99. The predicted molar refractivity (Wildman–Crippen MR) is 53.4 cm³/mol. The van der Waals surface area contributed by atoms with Crippen LogP contribution in [0.15, 0.2) is 11.8 Å². The van der Waals surface area contributed by atoms with Gasteiger partial charge >= 0.3 is 0 Å². The second-order valence-corrected chi connectivity index (χ2v) is 4.55. The van der Waals surface area contributed by atoms with Crippen molar-refractivity contribution in [3.8, 4) is 0 Å². The maximum Gasteiger partial charge on any atom is 0.226 e. The van der Waals surface area contributed by atoms with Crippen LogP contribution in [0.4, 0.5) is 0 Å². The molecular weight excluding hydrogens is 178 g/mol. The quantitative estimate of drug-likeness (QED) is 0.632. The molecule has 2 aliphatic rings. The normalized spacial score (nSPS) is 37.9. The summed E-state index contributed by atoms with van der Waals surface area (Å²) in [5.74, 6) is 0.169. The van der Waals surface area contributed by atoms with Gasteiger partial charge in [-0.15, -0.1) is 0 Å². The van der Waals surface area contributed by atoms with Crippen LogP contribution in [0.25, 0.3) is 0 Å². The summed E-state index contributed by atoms with van der Waals surface area (Å²) in [6, 6.07) is 0. The molecular formula is C11H17NO2. The first-order valence-corrected chi connectivity index (χ1v) is 5.21. The van der Waals surface area contributed by atoms with Gasteiger partial charge in [0.05, 0.1) is 6.10 Å². The largest absolute Gasteiger partial charge is 0.392 e. The van der Waals surface area contributed by atoms with Crippen molar-refractivity contribution in [1.82, 2.24) is 4.90 Å². The smallest absolute Gasteiger partial charge is 0.226 e. The molecule has 14 heavy (non-hydrogen) atoms. The van der Waals surface area contributed by atoms with Crippen LogP contribution in [0.1, 0.15) is 32.6 Å². The maximum absolute atomic E-state index is 11.5. The lowest BCUT2D eigenvalue weighted by Crippen LogP contribution is -2.48. The number of allylic oxidation sites excluding steroid dienone is 1. The van der Waals surface area contributed by atoms with Gasteiger partial charge in [-0.2, -0.15) is 0 Å². The Bertz CT molecular complexity index is 298. The van der Waals surface area contributed by atoms with Gasteiger partial charge in [-0.3, -0.25) is 4.79 Å². The molecule has 0 aromatic carbocycles. The molecule has 3 heteroatoms. The van der Waals surface area contributed by atoms with E-state index in [1.807, 2.05) is 7.05 Å². The molecule has 1 heterocycles. The molecule has 0 aromatic rings. The summed E-state index contributed by atoms with van der Waals surface area (Å²) >= 11 is 0. The van der Waals surface area contributed by atoms with E-state index >= 15 is 0 Å². The number of piperidine rings is 1. The summed E-state index contributed by atoms with van der Waals surface area (Å²) in [5.41, 5.74) is 0.827. The Kier molecular flexibility index (Phi) is 2.14. The fourth-order valence-corrected chi connectivity index (χ4v) is 2.58. The molecule has 1 saturated heterocycles. The number of carbonyl (C=O) groups excluding carboxylic acids is 1. The van der Waals surface area contributed by atoms with E-state index in [1.165, 1.54) is 0 Å². The van der Waals surface area contributed by atoms with Gasteiger partial charge in [0, 0.05) is 24.6 Å². The highest BCUT2D eigenvalue weighted by Gasteiger charge is 2.44. The van der Waals surface area contributed by atoms with Crippen molar-refractivity contribution in [3.05, 3.63) is 11.8 Å². The first-order valence-electron chi connectivity index (χ1n) is 5.21. The van der Waals surface area contributed by atoms with E-state index in [0.29, 0.717) is 6.42 Å². The molecule has 3 nitrogen and oxygen atoms in total. The lowest BCUT2D eigenvalue weighted by molar-refractivity contribution is -0.134. The maximum atomic E-state index is 11.5. The number of rotatable bonds is 0. The van der Waals surface area contributed by atoms with Gasteiger partial charge in [-0.1, -0.05) is 13.0 Å². The van der Waals surface area contributed by atoms with Gasteiger partial charge < -0.3 is 10.0 Å². The molecule has 1 aliphatic carbocycles. The van der Waals surface area contributed by atoms with E-state index in [2.05, 4.69) is 13.0 Å². The number of aliphatic hydroxyl groups excluding tert-OH is 1. The molecule has 0 bridgehead atoms. The molecule has 78 valence electrons. The second kappa shape index (κ2) is 3.09. The number of hydrogen-bond donors (Lipinski definition) is 1. The molecule has 2 atom stereocenters. The Morgan fingerprint density at radius 2 is 2.36 bits per heavy atom. The van der Waals surface area contributed by atoms with Crippen molar-refractivity contribution < 1.29 is 9.90 Å². The van der Waals surface area contributed by atoms with Crippen molar-refractivity contribution in [2.45, 2.75) is 38.7 Å². The van der Waals surface area contributed by atoms with Crippen molar-refractivity contribution >= 4 is 5.91 Å². The molecule has 0 spiro atoms. The third-order valence-corrected chi connectivity index (χ3v) is 3.69. The number of aliphatic hydroxyl groups is 1. The third kappa shape index (κ3) is 1.19. The second-order valence-electron chi connectivity index (χ2n) is 4.55. The molecule has 0 saturated carbocycles. The standard InChI is InChI=1S/C11H17NO2/c1-11-7-6-10(14)12(2)8(11)4-3-5-9(11)13/h4,9,13H,3,5-7H2,1-2H3. The number of nitrogens with zero attached hydrogens (tertiary/aromatic N) is 1. The average Bonchev–Trinajstić information content (AvgIpc) is 2.16. The van der Waals surface area contributed by atoms with E-state index < -0.39 is 0 Å². The van der Waals surface area contributed by atoms with Gasteiger partial charge in [-0.25, -0.2) is 0 Å². The average molecular weight is 195 g/mol.